The van der Waals surface area contributed by atoms with Gasteiger partial charge < -0.3 is 9.47 Å². The molecule has 0 N–H and O–H groups in total. The van der Waals surface area contributed by atoms with Crippen LogP contribution in [0.25, 0.3) is 5.69 Å². The highest BCUT2D eigenvalue weighted by Gasteiger charge is 2.21. The number of aromatic nitrogens is 1. The molecule has 0 saturated carbocycles. The van der Waals surface area contributed by atoms with Crippen LogP contribution < -0.4 is 4.90 Å². The zero-order valence-corrected chi connectivity index (χ0v) is 14.3. The number of hydrogen-bond donors (Lipinski definition) is 0. The monoisotopic (exact) mass is 346 g/mol. The summed E-state index contributed by atoms with van der Waals surface area (Å²) in [7, 11) is 1.55. The average Bonchev–Trinajstić information content (AvgIpc) is 3.15. The maximum absolute atomic E-state index is 13.4. The lowest BCUT2D eigenvalue weighted by Gasteiger charge is -2.18. The van der Waals surface area contributed by atoms with Crippen molar-refractivity contribution in [2.45, 2.75) is 13.8 Å². The van der Waals surface area contributed by atoms with Crippen molar-refractivity contribution in [3.63, 3.8) is 0 Å². The van der Waals surface area contributed by atoms with Gasteiger partial charge in [0.25, 0.3) is 5.91 Å². The van der Waals surface area contributed by atoms with Crippen molar-refractivity contribution < 1.29 is 13.6 Å². The van der Waals surface area contributed by atoms with Gasteiger partial charge in [0.2, 0.25) is 0 Å². The number of amides is 1. The van der Waals surface area contributed by atoms with E-state index in [1.807, 2.05) is 42.0 Å². The van der Waals surface area contributed by atoms with Gasteiger partial charge in [-0.25, -0.2) is 8.78 Å². The molecule has 1 amide bonds. The number of carbonyl (C=O) groups excluding carboxylic acids is 1. The fourth-order valence-electron chi connectivity index (χ4n) is 2.65. The average molecular weight is 346 g/mol. The van der Waals surface area contributed by atoms with E-state index in [0.717, 1.165) is 29.2 Å². The molecule has 0 aliphatic heterocycles. The summed E-state index contributed by atoms with van der Waals surface area (Å²) in [5.74, 6) is -2.18. The van der Waals surface area contributed by atoms with E-state index in [9.17, 15) is 13.6 Å². The van der Waals surface area contributed by atoms with Gasteiger partial charge in [-0.3, -0.25) is 4.79 Å². The van der Waals surface area contributed by atoms with Gasteiger partial charge in [0, 0.05) is 30.2 Å². The lowest BCUT2D eigenvalue weighted by Crippen LogP contribution is -2.26. The first-order valence-electron chi connectivity index (χ1n) is 7.36. The first-order valence-corrected chi connectivity index (χ1v) is 8.24. The maximum atomic E-state index is 13.4. The van der Waals surface area contributed by atoms with Crippen molar-refractivity contribution in [3.8, 4) is 5.69 Å². The van der Waals surface area contributed by atoms with Crippen LogP contribution in [-0.2, 0) is 0 Å². The quantitative estimate of drug-likeness (QED) is 0.674. The summed E-state index contributed by atoms with van der Waals surface area (Å²) >= 11 is 1.32. The van der Waals surface area contributed by atoms with Crippen LogP contribution in [0.15, 0.2) is 41.8 Å². The van der Waals surface area contributed by atoms with E-state index in [0.29, 0.717) is 10.6 Å². The first kappa shape index (κ1) is 16.4. The molecule has 3 rings (SSSR count). The second-order valence-electron chi connectivity index (χ2n) is 5.55. The summed E-state index contributed by atoms with van der Waals surface area (Å²) in [6, 6.07) is 9.28. The number of nitrogens with zero attached hydrogens (tertiary/aromatic N) is 2. The molecule has 3 nitrogen and oxygen atoms in total. The number of carbonyl (C=O) groups is 1. The Labute approximate surface area is 142 Å². The van der Waals surface area contributed by atoms with E-state index in [1.165, 1.54) is 22.3 Å². The lowest BCUT2D eigenvalue weighted by atomic mass is 10.2. The van der Waals surface area contributed by atoms with Gasteiger partial charge in [0.15, 0.2) is 11.6 Å². The Morgan fingerprint density at radius 3 is 2.33 bits per heavy atom. The number of rotatable bonds is 3. The second-order valence-corrected chi connectivity index (χ2v) is 6.47. The molecule has 0 aliphatic carbocycles. The lowest BCUT2D eigenvalue weighted by molar-refractivity contribution is 0.0997. The van der Waals surface area contributed by atoms with E-state index in [4.69, 9.17) is 0 Å². The molecule has 6 heteroatoms. The maximum Gasteiger partial charge on any atom is 0.270 e. The number of benzene rings is 1. The van der Waals surface area contributed by atoms with Gasteiger partial charge in [0.05, 0.1) is 5.69 Å². The largest absolute Gasteiger partial charge is 0.317 e. The van der Waals surface area contributed by atoms with Crippen LogP contribution in [-0.4, -0.2) is 17.5 Å². The molecule has 0 spiro atoms. The van der Waals surface area contributed by atoms with Crippen molar-refractivity contribution >= 4 is 22.9 Å². The number of aryl methyl sites for hydroxylation is 2. The predicted octanol–water partition coefficient (Wildman–Crippen LogP) is 4.71. The number of hydrogen-bond acceptors (Lipinski definition) is 2. The zero-order valence-electron chi connectivity index (χ0n) is 13.5. The molecular weight excluding hydrogens is 330 g/mol. The summed E-state index contributed by atoms with van der Waals surface area (Å²) in [5.41, 5.74) is 3.14. The van der Waals surface area contributed by atoms with E-state index in [-0.39, 0.29) is 5.91 Å². The fraction of sp³-hybridized carbons (Fsp3) is 0.167. The molecule has 0 unspecified atom stereocenters. The summed E-state index contributed by atoms with van der Waals surface area (Å²) in [6.07, 6.45) is 0. The Bertz CT molecular complexity index is 894. The van der Waals surface area contributed by atoms with Gasteiger partial charge in [-0.15, -0.1) is 11.3 Å². The number of anilines is 1. The summed E-state index contributed by atoms with van der Waals surface area (Å²) in [6.45, 7) is 3.94. The summed E-state index contributed by atoms with van der Waals surface area (Å²) in [5, 5.41) is 1.85. The van der Waals surface area contributed by atoms with Gasteiger partial charge >= 0.3 is 0 Å². The van der Waals surface area contributed by atoms with Crippen LogP contribution in [0.5, 0.6) is 0 Å². The van der Waals surface area contributed by atoms with Gasteiger partial charge in [-0.1, -0.05) is 0 Å². The molecule has 0 aliphatic rings. The Morgan fingerprint density at radius 2 is 1.71 bits per heavy atom. The normalized spacial score (nSPS) is 10.9. The van der Waals surface area contributed by atoms with Crippen molar-refractivity contribution in [1.29, 1.82) is 0 Å². The molecule has 0 fully saturated rings. The Hall–Kier alpha value is -2.47. The standard InChI is InChI=1S/C18H16F2N2OS/c1-11-4-5-12(2)22(11)16-8-9-24-17(16)18(23)21(3)13-6-7-14(19)15(20)10-13/h4-10H,1-3H3. The topological polar surface area (TPSA) is 25.2 Å². The van der Waals surface area contributed by atoms with E-state index < -0.39 is 11.6 Å². The van der Waals surface area contributed by atoms with Crippen molar-refractivity contribution in [3.05, 3.63) is 69.7 Å². The van der Waals surface area contributed by atoms with Crippen LogP contribution in [0, 0.1) is 25.5 Å². The van der Waals surface area contributed by atoms with Crippen LogP contribution in [0.3, 0.4) is 0 Å². The van der Waals surface area contributed by atoms with Crippen LogP contribution in [0.1, 0.15) is 21.1 Å². The third-order valence-electron chi connectivity index (χ3n) is 3.95. The molecule has 124 valence electrons. The highest BCUT2D eigenvalue weighted by Crippen LogP contribution is 2.28. The molecule has 0 bridgehead atoms. The Morgan fingerprint density at radius 1 is 1.04 bits per heavy atom. The molecule has 0 atom stereocenters. The van der Waals surface area contributed by atoms with Crippen LogP contribution in [0.2, 0.25) is 0 Å². The van der Waals surface area contributed by atoms with E-state index in [2.05, 4.69) is 0 Å². The minimum absolute atomic E-state index is 0.265. The van der Waals surface area contributed by atoms with Crippen molar-refractivity contribution in [1.82, 2.24) is 4.57 Å². The van der Waals surface area contributed by atoms with Crippen LogP contribution in [0.4, 0.5) is 14.5 Å². The Kier molecular flexibility index (Phi) is 4.24. The minimum atomic E-state index is -0.976. The number of thiophene rings is 1. The number of halogens is 2. The molecule has 2 aromatic heterocycles. The van der Waals surface area contributed by atoms with E-state index in [1.54, 1.807) is 7.05 Å². The molecule has 2 heterocycles. The summed E-state index contributed by atoms with van der Waals surface area (Å²) < 4.78 is 28.5. The van der Waals surface area contributed by atoms with E-state index >= 15 is 0 Å². The first-order chi connectivity index (χ1) is 11.4. The summed E-state index contributed by atoms with van der Waals surface area (Å²) in [4.78, 5) is 14.7. The highest BCUT2D eigenvalue weighted by molar-refractivity contribution is 7.12. The highest BCUT2D eigenvalue weighted by atomic mass is 32.1. The third kappa shape index (κ3) is 2.73. The third-order valence-corrected chi connectivity index (χ3v) is 4.84. The molecule has 3 aromatic rings. The predicted molar refractivity (Wildman–Crippen MR) is 92.2 cm³/mol. The fourth-order valence-corrected chi connectivity index (χ4v) is 3.50. The second kappa shape index (κ2) is 6.20. The van der Waals surface area contributed by atoms with Gasteiger partial charge in [-0.05, 0) is 49.6 Å². The van der Waals surface area contributed by atoms with Crippen molar-refractivity contribution in [2.24, 2.45) is 0 Å². The molecule has 24 heavy (non-hydrogen) atoms. The molecular formula is C18H16F2N2OS. The minimum Gasteiger partial charge on any atom is -0.317 e. The van der Waals surface area contributed by atoms with Gasteiger partial charge in [-0.2, -0.15) is 0 Å². The molecule has 0 radical (unpaired) electrons. The smallest absolute Gasteiger partial charge is 0.270 e. The zero-order chi connectivity index (χ0) is 17.4. The van der Waals surface area contributed by atoms with Crippen LogP contribution >= 0.6 is 11.3 Å². The molecule has 1 aromatic carbocycles. The van der Waals surface area contributed by atoms with Gasteiger partial charge in [0.1, 0.15) is 4.88 Å². The Balaban J connectivity index is 1.99. The van der Waals surface area contributed by atoms with Crippen molar-refractivity contribution in [2.75, 3.05) is 11.9 Å². The molecule has 0 saturated heterocycles. The SMILES string of the molecule is Cc1ccc(C)n1-c1ccsc1C(=O)N(C)c1ccc(F)c(F)c1.